The molecule has 42 heavy (non-hydrogen) atoms. The van der Waals surface area contributed by atoms with E-state index in [4.69, 9.17) is 14.6 Å². The number of aromatic nitrogens is 2. The lowest BCUT2D eigenvalue weighted by atomic mass is 10.0. The number of likely N-dealkylation sites (tertiary alicyclic amines) is 1. The molecular weight excluding hydrogens is 550 g/mol. The Labute approximate surface area is 240 Å². The Hall–Kier alpha value is -4.38. The Balaban J connectivity index is 1.26. The highest BCUT2D eigenvalue weighted by molar-refractivity contribution is 5.81. The van der Waals surface area contributed by atoms with Gasteiger partial charge in [0.1, 0.15) is 29.6 Å². The highest BCUT2D eigenvalue weighted by Crippen LogP contribution is 2.30. The molecule has 13 heteroatoms. The number of alkyl halides is 1. The number of halogens is 2. The summed E-state index contributed by atoms with van der Waals surface area (Å²) in [7, 11) is 0. The van der Waals surface area contributed by atoms with Crippen LogP contribution in [0.15, 0.2) is 48.7 Å². The molecule has 2 aliphatic rings. The second-order valence-electron chi connectivity index (χ2n) is 9.92. The number of morpholine rings is 1. The number of hydrogen-bond donors (Lipinski definition) is 3. The minimum atomic E-state index is -1.59. The molecule has 11 nitrogen and oxygen atoms in total. The molecule has 1 amide bonds. The van der Waals surface area contributed by atoms with Crippen molar-refractivity contribution in [2.75, 3.05) is 56.2 Å². The standard InChI is InChI=1S/C29H30F2N6O5/c30-21-14-20(36-9-11-41-12-10-36)2-3-23(21)34-27-5-7-33-28(35-27)18-1-4-25(19(13-18)15-32)42-26-6-8-37(16-22(26)31)29(40)24(39)17-38/h1-5,7,13-14,22,24,26,38-39H,6,8-12,16-17H2,(H,33,34,35)/t22-,24+,26+/m1/s1. The molecule has 2 saturated heterocycles. The molecule has 5 rings (SSSR count). The van der Waals surface area contributed by atoms with Crippen molar-refractivity contribution >= 4 is 23.1 Å². The van der Waals surface area contributed by atoms with Gasteiger partial charge in [-0.15, -0.1) is 0 Å². The largest absolute Gasteiger partial charge is 0.486 e. The molecule has 3 aromatic rings. The summed E-state index contributed by atoms with van der Waals surface area (Å²) in [6, 6.07) is 13.3. The quantitative estimate of drug-likeness (QED) is 0.363. The monoisotopic (exact) mass is 580 g/mol. The number of amides is 1. The Kier molecular flexibility index (Phi) is 9.06. The van der Waals surface area contributed by atoms with Crippen molar-refractivity contribution in [2.45, 2.75) is 24.8 Å². The SMILES string of the molecule is N#Cc1cc(-c2nccc(Nc3ccc(N4CCOCC4)cc3F)n2)ccc1O[C@H]1CCN(C(=O)[C@@H](O)CO)C[C@H]1F. The number of carbonyl (C=O) groups excluding carboxylic acids is 1. The average molecular weight is 581 g/mol. The third-order valence-electron chi connectivity index (χ3n) is 7.14. The molecule has 2 fully saturated rings. The normalized spacial score (nSPS) is 19.6. The number of nitrogens with zero attached hydrogens (tertiary/aromatic N) is 5. The van der Waals surface area contributed by atoms with Gasteiger partial charge >= 0.3 is 0 Å². The zero-order chi connectivity index (χ0) is 29.6. The van der Waals surface area contributed by atoms with Gasteiger partial charge in [-0.25, -0.2) is 18.7 Å². The predicted octanol–water partition coefficient (Wildman–Crippen LogP) is 2.41. The minimum Gasteiger partial charge on any atom is -0.486 e. The lowest BCUT2D eigenvalue weighted by Gasteiger charge is -2.35. The summed E-state index contributed by atoms with van der Waals surface area (Å²) in [4.78, 5) is 24.0. The summed E-state index contributed by atoms with van der Waals surface area (Å²) in [6.07, 6.45) is -2.42. The molecule has 2 aromatic carbocycles. The summed E-state index contributed by atoms with van der Waals surface area (Å²) < 4.78 is 40.9. The molecule has 3 atom stereocenters. The summed E-state index contributed by atoms with van der Waals surface area (Å²) in [5, 5.41) is 31.2. The van der Waals surface area contributed by atoms with Crippen molar-refractivity contribution in [3.8, 4) is 23.2 Å². The van der Waals surface area contributed by atoms with Crippen molar-refractivity contribution < 1.29 is 33.3 Å². The van der Waals surface area contributed by atoms with E-state index in [0.29, 0.717) is 37.7 Å². The smallest absolute Gasteiger partial charge is 0.253 e. The van der Waals surface area contributed by atoms with E-state index in [0.717, 1.165) is 10.6 Å². The van der Waals surface area contributed by atoms with E-state index in [1.165, 1.54) is 24.4 Å². The van der Waals surface area contributed by atoms with Crippen LogP contribution in [0.3, 0.4) is 0 Å². The van der Waals surface area contributed by atoms with Crippen molar-refractivity contribution in [3.05, 3.63) is 60.0 Å². The summed E-state index contributed by atoms with van der Waals surface area (Å²) in [5.74, 6) is -0.375. The Morgan fingerprint density at radius 3 is 2.74 bits per heavy atom. The molecule has 0 spiro atoms. The van der Waals surface area contributed by atoms with Crippen LogP contribution >= 0.6 is 0 Å². The maximum Gasteiger partial charge on any atom is 0.253 e. The molecule has 220 valence electrons. The van der Waals surface area contributed by atoms with Crippen LogP contribution in [0.1, 0.15) is 12.0 Å². The number of anilines is 3. The van der Waals surface area contributed by atoms with Gasteiger partial charge in [0.05, 0.1) is 37.6 Å². The number of nitrogens with one attached hydrogen (secondary N) is 1. The molecule has 2 aliphatic heterocycles. The molecular formula is C29H30F2N6O5. The highest BCUT2D eigenvalue weighted by atomic mass is 19.1. The Bertz CT molecular complexity index is 1460. The lowest BCUT2D eigenvalue weighted by Crippen LogP contribution is -2.52. The fourth-order valence-corrected chi connectivity index (χ4v) is 4.86. The zero-order valence-electron chi connectivity index (χ0n) is 22.6. The van der Waals surface area contributed by atoms with Crippen LogP contribution in [0.2, 0.25) is 0 Å². The first kappa shape index (κ1) is 29.1. The van der Waals surface area contributed by atoms with Crippen molar-refractivity contribution in [1.29, 1.82) is 5.26 Å². The molecule has 0 saturated carbocycles. The van der Waals surface area contributed by atoms with E-state index in [1.807, 2.05) is 12.1 Å². The fourth-order valence-electron chi connectivity index (χ4n) is 4.86. The second kappa shape index (κ2) is 13.1. The van der Waals surface area contributed by atoms with Crippen molar-refractivity contribution in [2.24, 2.45) is 0 Å². The van der Waals surface area contributed by atoms with E-state index in [9.17, 15) is 23.9 Å². The van der Waals surface area contributed by atoms with Gasteiger partial charge in [-0.2, -0.15) is 5.26 Å². The van der Waals surface area contributed by atoms with Gasteiger partial charge in [0.25, 0.3) is 5.91 Å². The average Bonchev–Trinajstić information content (AvgIpc) is 3.03. The van der Waals surface area contributed by atoms with Crippen LogP contribution in [0.25, 0.3) is 11.4 Å². The fraction of sp³-hybridized carbons (Fsp3) is 0.379. The van der Waals surface area contributed by atoms with E-state index < -0.39 is 36.7 Å². The third kappa shape index (κ3) is 6.57. The zero-order valence-corrected chi connectivity index (χ0v) is 22.6. The van der Waals surface area contributed by atoms with Crippen LogP contribution in [0.5, 0.6) is 5.75 Å². The van der Waals surface area contributed by atoms with Crippen LogP contribution in [-0.2, 0) is 9.53 Å². The van der Waals surface area contributed by atoms with Gasteiger partial charge in [0, 0.05) is 43.5 Å². The van der Waals surface area contributed by atoms with Gasteiger partial charge in [-0.05, 0) is 42.5 Å². The first-order valence-corrected chi connectivity index (χ1v) is 13.5. The third-order valence-corrected chi connectivity index (χ3v) is 7.14. The van der Waals surface area contributed by atoms with E-state index in [1.54, 1.807) is 18.2 Å². The number of piperidine rings is 1. The maximum atomic E-state index is 14.9. The molecule has 3 heterocycles. The Morgan fingerprint density at radius 1 is 1.21 bits per heavy atom. The maximum absolute atomic E-state index is 14.9. The van der Waals surface area contributed by atoms with E-state index in [2.05, 4.69) is 20.2 Å². The highest BCUT2D eigenvalue weighted by Gasteiger charge is 2.35. The predicted molar refractivity (Wildman–Crippen MR) is 148 cm³/mol. The van der Waals surface area contributed by atoms with Gasteiger partial charge in [-0.3, -0.25) is 4.79 Å². The number of ether oxygens (including phenoxy) is 2. The van der Waals surface area contributed by atoms with Crippen LogP contribution in [0.4, 0.5) is 26.0 Å². The first-order chi connectivity index (χ1) is 20.4. The van der Waals surface area contributed by atoms with Gasteiger partial charge < -0.3 is 34.8 Å². The minimum absolute atomic E-state index is 0.130. The van der Waals surface area contributed by atoms with Gasteiger partial charge in [-0.1, -0.05) is 0 Å². The van der Waals surface area contributed by atoms with Crippen LogP contribution < -0.4 is 15.0 Å². The molecule has 0 unspecified atom stereocenters. The Morgan fingerprint density at radius 2 is 2.02 bits per heavy atom. The van der Waals surface area contributed by atoms with Crippen molar-refractivity contribution in [3.63, 3.8) is 0 Å². The second-order valence-corrected chi connectivity index (χ2v) is 9.92. The number of aliphatic hydroxyl groups excluding tert-OH is 2. The van der Waals surface area contributed by atoms with E-state index in [-0.39, 0.29) is 42.3 Å². The number of carbonyl (C=O) groups is 1. The summed E-state index contributed by atoms with van der Waals surface area (Å²) in [6.45, 7) is 1.67. The molecule has 3 N–H and O–H groups in total. The number of aliphatic hydroxyl groups is 2. The van der Waals surface area contributed by atoms with Crippen molar-refractivity contribution in [1.82, 2.24) is 14.9 Å². The number of benzene rings is 2. The number of hydrogen-bond acceptors (Lipinski definition) is 10. The first-order valence-electron chi connectivity index (χ1n) is 13.5. The van der Waals surface area contributed by atoms with Gasteiger partial charge in [0.2, 0.25) is 0 Å². The molecule has 1 aromatic heterocycles. The molecule has 0 aliphatic carbocycles. The number of rotatable bonds is 8. The summed E-state index contributed by atoms with van der Waals surface area (Å²) in [5.41, 5.74) is 1.66. The van der Waals surface area contributed by atoms with Crippen LogP contribution in [0, 0.1) is 17.1 Å². The number of nitriles is 1. The van der Waals surface area contributed by atoms with Crippen LogP contribution in [-0.4, -0.2) is 95.4 Å². The lowest BCUT2D eigenvalue weighted by molar-refractivity contribution is -0.146. The molecule has 0 radical (unpaired) electrons. The summed E-state index contributed by atoms with van der Waals surface area (Å²) >= 11 is 0. The topological polar surface area (TPSA) is 144 Å². The van der Waals surface area contributed by atoms with E-state index >= 15 is 0 Å². The molecule has 0 bridgehead atoms. The van der Waals surface area contributed by atoms with Gasteiger partial charge in [0.15, 0.2) is 18.1 Å².